The second-order valence-electron chi connectivity index (χ2n) is 19.0. The van der Waals surface area contributed by atoms with Crippen molar-refractivity contribution in [1.29, 1.82) is 0 Å². The van der Waals surface area contributed by atoms with Gasteiger partial charge in [-0.1, -0.05) is 281 Å². The number of carbonyl (C=O) groups is 2. The maximum Gasteiger partial charge on any atom is 0.306 e. The Labute approximate surface area is 393 Å². The summed E-state index contributed by atoms with van der Waals surface area (Å²) in [6.07, 6.45) is 70.1. The molecule has 0 aromatic heterocycles. The molecule has 0 aliphatic rings. The summed E-state index contributed by atoms with van der Waals surface area (Å²) in [5.74, 6) is -0.614. The molecule has 0 saturated heterocycles. The molecule has 370 valence electrons. The van der Waals surface area contributed by atoms with Gasteiger partial charge >= 0.3 is 11.9 Å². The standard InChI is InChI=1S/C58H108O5/c1-3-5-7-9-11-13-15-17-18-19-20-21-22-23-24-25-26-27-28-29-30-31-32-33-34-35-36-37-38-39-41-42-44-46-48-50-52-57(60)62-55-56(54-59)63-58(61)53-51-49-47-45-43-40-16-14-12-10-8-6-4-2/h6,8,12,14,40,43,56,59H,3-5,7,9-11,13,15-39,41-42,44-55H2,1-2H3/b8-6-,14-12-,43-40-. The van der Waals surface area contributed by atoms with Crippen LogP contribution in [0.1, 0.15) is 303 Å². The second kappa shape index (κ2) is 54.5. The fourth-order valence-corrected chi connectivity index (χ4v) is 8.51. The Bertz CT molecular complexity index is 1000. The van der Waals surface area contributed by atoms with Crippen LogP contribution in [0, 0.1) is 0 Å². The number of ether oxygens (including phenoxy) is 2. The highest BCUT2D eigenvalue weighted by Crippen LogP contribution is 2.18. The van der Waals surface area contributed by atoms with Crippen molar-refractivity contribution in [3.05, 3.63) is 36.5 Å². The average molecular weight is 885 g/mol. The largest absolute Gasteiger partial charge is 0.462 e. The Morgan fingerprint density at radius 3 is 1.03 bits per heavy atom. The van der Waals surface area contributed by atoms with Gasteiger partial charge in [0.15, 0.2) is 6.10 Å². The number of hydrogen-bond donors (Lipinski definition) is 1. The van der Waals surface area contributed by atoms with Crippen LogP contribution in [0.3, 0.4) is 0 Å². The van der Waals surface area contributed by atoms with Gasteiger partial charge in [0.05, 0.1) is 6.61 Å². The number of rotatable bonds is 52. The van der Waals surface area contributed by atoms with Crippen molar-refractivity contribution in [2.75, 3.05) is 13.2 Å². The van der Waals surface area contributed by atoms with Gasteiger partial charge in [-0.2, -0.15) is 0 Å². The summed E-state index contributed by atoms with van der Waals surface area (Å²) in [7, 11) is 0. The normalized spacial score (nSPS) is 12.4. The lowest BCUT2D eigenvalue weighted by molar-refractivity contribution is -0.161. The third kappa shape index (κ3) is 52.6. The molecule has 63 heavy (non-hydrogen) atoms. The van der Waals surface area contributed by atoms with Crippen LogP contribution in [0.4, 0.5) is 0 Å². The molecule has 0 fully saturated rings. The molecule has 1 N–H and O–H groups in total. The van der Waals surface area contributed by atoms with Gasteiger partial charge in [-0.25, -0.2) is 0 Å². The minimum Gasteiger partial charge on any atom is -0.462 e. The molecule has 0 rings (SSSR count). The smallest absolute Gasteiger partial charge is 0.306 e. The molecule has 0 spiro atoms. The third-order valence-electron chi connectivity index (χ3n) is 12.7. The zero-order valence-electron chi connectivity index (χ0n) is 42.4. The molecular weight excluding hydrogens is 777 g/mol. The number of allylic oxidation sites excluding steroid dienone is 6. The first-order valence-corrected chi connectivity index (χ1v) is 28.0. The number of hydrogen-bond acceptors (Lipinski definition) is 5. The van der Waals surface area contributed by atoms with E-state index < -0.39 is 6.10 Å². The predicted octanol–water partition coefficient (Wildman–Crippen LogP) is 18.7. The van der Waals surface area contributed by atoms with Crippen LogP contribution < -0.4 is 0 Å². The average Bonchev–Trinajstić information content (AvgIpc) is 3.29. The molecular formula is C58H108O5. The van der Waals surface area contributed by atoms with Gasteiger partial charge in [0, 0.05) is 12.8 Å². The first-order valence-electron chi connectivity index (χ1n) is 28.0. The number of carbonyl (C=O) groups excluding carboxylic acids is 2. The highest BCUT2D eigenvalue weighted by atomic mass is 16.6. The minimum absolute atomic E-state index is 0.0745. The SMILES string of the molecule is CC/C=C\C/C=C\C/C=C\CCCCCC(=O)OC(CO)COC(=O)CCCCCCCCCCCCCCCCCCCCCCCCCCCCCCCCCCCCCC. The van der Waals surface area contributed by atoms with Crippen molar-refractivity contribution in [3.8, 4) is 0 Å². The van der Waals surface area contributed by atoms with Gasteiger partial charge in [0.2, 0.25) is 0 Å². The topological polar surface area (TPSA) is 72.8 Å². The molecule has 5 nitrogen and oxygen atoms in total. The van der Waals surface area contributed by atoms with Crippen LogP contribution >= 0.6 is 0 Å². The van der Waals surface area contributed by atoms with Crippen LogP contribution in [0.15, 0.2) is 36.5 Å². The van der Waals surface area contributed by atoms with E-state index in [0.29, 0.717) is 12.8 Å². The van der Waals surface area contributed by atoms with E-state index in [9.17, 15) is 14.7 Å². The molecule has 0 saturated carbocycles. The molecule has 0 radical (unpaired) electrons. The summed E-state index contributed by atoms with van der Waals surface area (Å²) < 4.78 is 10.6. The molecule has 1 unspecified atom stereocenters. The summed E-state index contributed by atoms with van der Waals surface area (Å²) in [4.78, 5) is 24.4. The number of aliphatic hydroxyl groups excluding tert-OH is 1. The third-order valence-corrected chi connectivity index (χ3v) is 12.7. The van der Waals surface area contributed by atoms with E-state index in [-0.39, 0.29) is 25.2 Å². The highest BCUT2D eigenvalue weighted by molar-refractivity contribution is 5.70. The summed E-state index contributed by atoms with van der Waals surface area (Å²) >= 11 is 0. The van der Waals surface area contributed by atoms with Crippen LogP contribution in [-0.2, 0) is 19.1 Å². The van der Waals surface area contributed by atoms with E-state index in [1.807, 2.05) is 0 Å². The maximum absolute atomic E-state index is 12.2. The van der Waals surface area contributed by atoms with E-state index in [2.05, 4.69) is 50.3 Å². The zero-order valence-corrected chi connectivity index (χ0v) is 42.4. The molecule has 0 aromatic rings. The van der Waals surface area contributed by atoms with Crippen LogP contribution in [0.2, 0.25) is 0 Å². The molecule has 0 aliphatic heterocycles. The van der Waals surface area contributed by atoms with E-state index in [1.54, 1.807) is 0 Å². The molecule has 0 heterocycles. The number of esters is 2. The summed E-state index contributed by atoms with van der Waals surface area (Å²) in [6.45, 7) is 4.03. The Balaban J connectivity index is 3.36. The summed E-state index contributed by atoms with van der Waals surface area (Å²) in [6, 6.07) is 0. The first-order chi connectivity index (χ1) is 31.1. The Morgan fingerprint density at radius 1 is 0.381 bits per heavy atom. The van der Waals surface area contributed by atoms with E-state index >= 15 is 0 Å². The fourth-order valence-electron chi connectivity index (χ4n) is 8.51. The maximum atomic E-state index is 12.2. The Kier molecular flexibility index (Phi) is 52.8. The van der Waals surface area contributed by atoms with Crippen molar-refractivity contribution in [2.24, 2.45) is 0 Å². The Morgan fingerprint density at radius 2 is 0.683 bits per heavy atom. The number of unbranched alkanes of at least 4 members (excludes halogenated alkanes) is 38. The molecule has 5 heteroatoms. The molecule has 0 aliphatic carbocycles. The molecule has 0 bridgehead atoms. The summed E-state index contributed by atoms with van der Waals surface area (Å²) in [5.41, 5.74) is 0. The van der Waals surface area contributed by atoms with Gasteiger partial charge < -0.3 is 14.6 Å². The predicted molar refractivity (Wildman–Crippen MR) is 274 cm³/mol. The number of aliphatic hydroxyl groups is 1. The highest BCUT2D eigenvalue weighted by Gasteiger charge is 2.16. The summed E-state index contributed by atoms with van der Waals surface area (Å²) in [5, 5.41) is 9.60. The molecule has 0 aromatic carbocycles. The lowest BCUT2D eigenvalue weighted by atomic mass is 10.0. The van der Waals surface area contributed by atoms with Gasteiger partial charge in [-0.05, 0) is 44.9 Å². The van der Waals surface area contributed by atoms with Crippen molar-refractivity contribution < 1.29 is 24.2 Å². The lowest BCUT2D eigenvalue weighted by Gasteiger charge is -2.15. The minimum atomic E-state index is -0.784. The monoisotopic (exact) mass is 885 g/mol. The van der Waals surface area contributed by atoms with Crippen LogP contribution in [0.5, 0.6) is 0 Å². The lowest BCUT2D eigenvalue weighted by Crippen LogP contribution is -2.28. The van der Waals surface area contributed by atoms with Gasteiger partial charge in [0.1, 0.15) is 6.61 Å². The van der Waals surface area contributed by atoms with Crippen LogP contribution in [0.25, 0.3) is 0 Å². The van der Waals surface area contributed by atoms with E-state index in [4.69, 9.17) is 9.47 Å². The van der Waals surface area contributed by atoms with Gasteiger partial charge in [0.25, 0.3) is 0 Å². The van der Waals surface area contributed by atoms with Crippen LogP contribution in [-0.4, -0.2) is 36.4 Å². The van der Waals surface area contributed by atoms with Gasteiger partial charge in [-0.15, -0.1) is 0 Å². The molecule has 1 atom stereocenters. The fraction of sp³-hybridized carbons (Fsp3) is 0.862. The molecule has 0 amide bonds. The zero-order chi connectivity index (χ0) is 45.6. The van der Waals surface area contributed by atoms with Crippen molar-refractivity contribution in [1.82, 2.24) is 0 Å². The van der Waals surface area contributed by atoms with E-state index in [1.165, 1.54) is 212 Å². The van der Waals surface area contributed by atoms with Crippen molar-refractivity contribution >= 4 is 11.9 Å². The first kappa shape index (κ1) is 61.1. The second-order valence-corrected chi connectivity index (χ2v) is 19.0. The Hall–Kier alpha value is -1.88. The van der Waals surface area contributed by atoms with E-state index in [0.717, 1.165) is 64.2 Å². The van der Waals surface area contributed by atoms with Crippen molar-refractivity contribution in [2.45, 2.75) is 309 Å². The van der Waals surface area contributed by atoms with Crippen molar-refractivity contribution in [3.63, 3.8) is 0 Å². The van der Waals surface area contributed by atoms with Gasteiger partial charge in [-0.3, -0.25) is 9.59 Å². The quantitative estimate of drug-likeness (QED) is 0.0374.